The number of fused-ring (bicyclic) bond motifs is 10. The molecule has 8 fully saturated rings. The largest absolute Gasteiger partial charge is 0.481 e. The number of hydrogen-bond donors (Lipinski definition) is 6. The molecule has 8 rings (SSSR count). The molecule has 8 saturated carbocycles. The van der Waals surface area contributed by atoms with E-state index in [0.29, 0.717) is 55.8 Å². The number of carbonyl (C=O) groups is 3. The van der Waals surface area contributed by atoms with Gasteiger partial charge in [-0.3, -0.25) is 14.4 Å². The van der Waals surface area contributed by atoms with Crippen molar-refractivity contribution in [3.8, 4) is 0 Å². The quantitative estimate of drug-likeness (QED) is 0.117. The van der Waals surface area contributed by atoms with Crippen molar-refractivity contribution in [2.75, 3.05) is 13.6 Å². The molecule has 0 aromatic heterocycles. The fourth-order valence-electron chi connectivity index (χ4n) is 18.0. The number of amides is 1. The smallest absolute Gasteiger partial charge is 0.323 e. The third-order valence-electron chi connectivity index (χ3n) is 21.3. The van der Waals surface area contributed by atoms with Crippen LogP contribution in [-0.2, 0) is 14.4 Å². The highest BCUT2D eigenvalue weighted by Gasteiger charge is 2.68. The summed E-state index contributed by atoms with van der Waals surface area (Å²) in [5.74, 6) is -6.09. The number of aliphatic hydroxyl groups excluding tert-OH is 4. The Morgan fingerprint density at radius 1 is 0.569 bits per heavy atom. The second-order valence-corrected chi connectivity index (χ2v) is 24.5. The van der Waals surface area contributed by atoms with Crippen molar-refractivity contribution in [2.45, 2.75) is 193 Å². The van der Waals surface area contributed by atoms with Crippen LogP contribution in [0.4, 0.5) is 17.6 Å². The van der Waals surface area contributed by atoms with Gasteiger partial charge in [0, 0.05) is 32.7 Å². The highest BCUT2D eigenvalue weighted by atomic mass is 19.3. The van der Waals surface area contributed by atoms with Crippen LogP contribution in [0.5, 0.6) is 0 Å². The molecule has 0 aliphatic heterocycles. The predicted molar refractivity (Wildman–Crippen MR) is 236 cm³/mol. The lowest BCUT2D eigenvalue weighted by atomic mass is 9.43. The zero-order valence-corrected chi connectivity index (χ0v) is 40.0. The molecule has 20 atom stereocenters. The van der Waals surface area contributed by atoms with Crippen molar-refractivity contribution in [2.24, 2.45) is 92.7 Å². The van der Waals surface area contributed by atoms with E-state index < -0.39 is 59.0 Å². The summed E-state index contributed by atoms with van der Waals surface area (Å²) in [6, 6.07) is 0. The normalized spacial score (nSPS) is 47.7. The highest BCUT2D eigenvalue weighted by Crippen LogP contribution is 2.71. The molecule has 0 spiro atoms. The zero-order chi connectivity index (χ0) is 48.0. The number of alkyl halides is 4. The molecule has 65 heavy (non-hydrogen) atoms. The molecule has 8 aliphatic carbocycles. The number of aliphatic hydroxyl groups is 4. The number of carbonyl (C=O) groups excluding carboxylic acids is 1. The minimum Gasteiger partial charge on any atom is -0.481 e. The number of aliphatic carboxylic acids is 2. The molecule has 6 unspecified atom stereocenters. The van der Waals surface area contributed by atoms with Gasteiger partial charge in [0.2, 0.25) is 5.91 Å². The highest BCUT2D eigenvalue weighted by molar-refractivity contribution is 5.81. The van der Waals surface area contributed by atoms with Crippen LogP contribution in [0.15, 0.2) is 0 Å². The van der Waals surface area contributed by atoms with E-state index in [0.717, 1.165) is 51.4 Å². The molecular weight excluding hydrogens is 847 g/mol. The Balaban J connectivity index is 0.000000196. The molecule has 0 heterocycles. The number of halogens is 4. The van der Waals surface area contributed by atoms with Crippen LogP contribution in [-0.4, -0.2) is 103 Å². The summed E-state index contributed by atoms with van der Waals surface area (Å²) in [5, 5.41) is 60.5. The van der Waals surface area contributed by atoms with Gasteiger partial charge in [0.25, 0.3) is 11.8 Å². The van der Waals surface area contributed by atoms with Gasteiger partial charge in [-0.2, -0.15) is 0 Å². The minimum atomic E-state index is -3.08. The summed E-state index contributed by atoms with van der Waals surface area (Å²) in [7, 11) is 1.52. The molecule has 0 radical (unpaired) electrons. The van der Waals surface area contributed by atoms with Gasteiger partial charge in [-0.15, -0.1) is 0 Å². The summed E-state index contributed by atoms with van der Waals surface area (Å²) in [6.07, 6.45) is 5.76. The van der Waals surface area contributed by atoms with Crippen LogP contribution in [0.3, 0.4) is 0 Å². The first kappa shape index (κ1) is 50.8. The molecule has 0 aromatic rings. The van der Waals surface area contributed by atoms with Crippen molar-refractivity contribution in [1.82, 2.24) is 4.90 Å². The molecule has 6 N–H and O–H groups in total. The van der Waals surface area contributed by atoms with E-state index in [-0.39, 0.29) is 103 Å². The summed E-state index contributed by atoms with van der Waals surface area (Å²) in [6.45, 7) is 12.6. The van der Waals surface area contributed by atoms with E-state index in [1.165, 1.54) is 11.9 Å². The summed E-state index contributed by atoms with van der Waals surface area (Å²) in [5.41, 5.74) is -1.07. The van der Waals surface area contributed by atoms with Crippen molar-refractivity contribution < 1.29 is 62.6 Å². The van der Waals surface area contributed by atoms with E-state index in [2.05, 4.69) is 27.7 Å². The molecule has 372 valence electrons. The summed E-state index contributed by atoms with van der Waals surface area (Å²) in [4.78, 5) is 35.6. The van der Waals surface area contributed by atoms with Gasteiger partial charge in [-0.1, -0.05) is 41.5 Å². The SMILES string of the molecule is C[C@H](CCC(=O)N(C)CC(=O)O)[C@H]1CCC2C3C(CC[C@@]21C)[C@@]1(C)CC(F)(F)[C@H](O)C[C@H]1C[C@@H]3O.C[C@H](CCC(=O)O)[C@H]1CCC2C3C(CC[C@@]21C)[C@@]1(C)CC(F)(F)[C@H](O)C[C@H]1C[C@@H]3O. The Kier molecular flexibility index (Phi) is 14.1. The fourth-order valence-corrected chi connectivity index (χ4v) is 18.0. The van der Waals surface area contributed by atoms with Gasteiger partial charge >= 0.3 is 11.9 Å². The second kappa shape index (κ2) is 18.1. The lowest BCUT2D eigenvalue weighted by Crippen LogP contribution is -2.62. The predicted octanol–water partition coefficient (Wildman–Crippen LogP) is 8.90. The molecule has 0 bridgehead atoms. The van der Waals surface area contributed by atoms with Gasteiger partial charge in [-0.05, 0) is 183 Å². The third-order valence-corrected chi connectivity index (χ3v) is 21.3. The summed E-state index contributed by atoms with van der Waals surface area (Å²) >= 11 is 0. The van der Waals surface area contributed by atoms with Gasteiger partial charge in [0.05, 0.1) is 12.2 Å². The molecular formula is C51H81F4NO9. The third kappa shape index (κ3) is 8.93. The molecule has 0 saturated heterocycles. The average Bonchev–Trinajstić information content (AvgIpc) is 3.74. The van der Waals surface area contributed by atoms with Crippen molar-refractivity contribution in [1.29, 1.82) is 0 Å². The lowest BCUT2D eigenvalue weighted by molar-refractivity contribution is -0.236. The number of hydrogen-bond acceptors (Lipinski definition) is 7. The average molecular weight is 928 g/mol. The zero-order valence-electron chi connectivity index (χ0n) is 40.0. The van der Waals surface area contributed by atoms with Gasteiger partial charge < -0.3 is 35.5 Å². The van der Waals surface area contributed by atoms with Crippen LogP contribution in [0.2, 0.25) is 0 Å². The van der Waals surface area contributed by atoms with Crippen LogP contribution in [0.25, 0.3) is 0 Å². The monoisotopic (exact) mass is 928 g/mol. The van der Waals surface area contributed by atoms with E-state index in [4.69, 9.17) is 10.2 Å². The maximum absolute atomic E-state index is 14.7. The van der Waals surface area contributed by atoms with Crippen molar-refractivity contribution in [3.63, 3.8) is 0 Å². The molecule has 14 heteroatoms. The van der Waals surface area contributed by atoms with Crippen LogP contribution in [0, 0.1) is 92.7 Å². The Morgan fingerprint density at radius 3 is 1.34 bits per heavy atom. The maximum Gasteiger partial charge on any atom is 0.323 e. The molecule has 0 aromatic carbocycles. The molecule has 10 nitrogen and oxygen atoms in total. The van der Waals surface area contributed by atoms with Crippen LogP contribution in [0.1, 0.15) is 157 Å². The van der Waals surface area contributed by atoms with Crippen LogP contribution < -0.4 is 0 Å². The Bertz CT molecular complexity index is 1770. The fraction of sp³-hybridized carbons (Fsp3) is 0.941. The van der Waals surface area contributed by atoms with Crippen molar-refractivity contribution in [3.05, 3.63) is 0 Å². The lowest BCUT2D eigenvalue weighted by Gasteiger charge is -2.63. The minimum absolute atomic E-state index is 0.00146. The Hall–Kier alpha value is -2.03. The number of carboxylic acid groups (broad SMARTS) is 2. The van der Waals surface area contributed by atoms with Crippen LogP contribution >= 0.6 is 0 Å². The maximum atomic E-state index is 14.7. The Labute approximate surface area is 384 Å². The summed E-state index contributed by atoms with van der Waals surface area (Å²) < 4.78 is 58.5. The second-order valence-electron chi connectivity index (χ2n) is 24.5. The standard InChI is InChI=1S/C27H43F2NO5.C24H38F2O4/c1-15(5-8-22(33)30(4)13-23(34)35)17-6-7-18-24-19(9-10-25(17,18)2)26(3)14-27(28,29)21(32)12-16(26)11-20(24)31;1-13(4-7-20(29)30)15-5-6-16-21-17(8-9-22(15,16)2)23(3)12-24(25,26)19(28)11-14(23)10-18(21)27/h15-21,24,31-32H,5-14H2,1-4H3,(H,34,35);13-19,21,27-28H,4-12H2,1-3H3,(H,29,30)/t15-,16-,17-,18?,19?,20+,21-,24?,25-,26+;13-,14-,15-,16?,17?,18+,19-,21?,22-,23+/m11/s1. The first-order valence-corrected chi connectivity index (χ1v) is 25.3. The van der Waals surface area contributed by atoms with E-state index in [1.54, 1.807) is 0 Å². The molecule has 8 aliphatic rings. The van der Waals surface area contributed by atoms with E-state index in [9.17, 15) is 52.4 Å². The number of rotatable bonds is 10. The van der Waals surface area contributed by atoms with Gasteiger partial charge in [0.1, 0.15) is 18.8 Å². The van der Waals surface area contributed by atoms with Gasteiger partial charge in [0.15, 0.2) is 0 Å². The van der Waals surface area contributed by atoms with E-state index in [1.807, 2.05) is 13.8 Å². The topological polar surface area (TPSA) is 176 Å². The van der Waals surface area contributed by atoms with Gasteiger partial charge in [-0.25, -0.2) is 17.6 Å². The van der Waals surface area contributed by atoms with E-state index >= 15 is 0 Å². The first-order valence-electron chi connectivity index (χ1n) is 25.3. The number of carboxylic acids is 2. The Morgan fingerprint density at radius 2 is 0.954 bits per heavy atom. The number of nitrogens with zero attached hydrogens (tertiary/aromatic N) is 1. The van der Waals surface area contributed by atoms with Crippen molar-refractivity contribution >= 4 is 17.8 Å². The number of likely N-dealkylation sites (N-methyl/N-ethyl adjacent to an activating group) is 1. The molecule has 1 amide bonds. The first-order chi connectivity index (χ1) is 30.1.